The van der Waals surface area contributed by atoms with Crippen LogP contribution in [-0.4, -0.2) is 20.8 Å². The van der Waals surface area contributed by atoms with Gasteiger partial charge in [0.25, 0.3) is 0 Å². The summed E-state index contributed by atoms with van der Waals surface area (Å²) in [4.78, 5) is 0.168. The third-order valence-electron chi connectivity index (χ3n) is 1.99. The van der Waals surface area contributed by atoms with Crippen LogP contribution in [0.15, 0.2) is 29.2 Å². The Kier molecular flexibility index (Phi) is 5.05. The molecule has 16 heavy (non-hydrogen) atoms. The highest BCUT2D eigenvalue weighted by molar-refractivity contribution is 7.89. The van der Waals surface area contributed by atoms with Crippen molar-refractivity contribution in [1.29, 1.82) is 0 Å². The van der Waals surface area contributed by atoms with Gasteiger partial charge in [-0.05, 0) is 24.1 Å². The first kappa shape index (κ1) is 13.8. The Balaban J connectivity index is 2.78. The molecule has 1 atom stereocenters. The minimum Gasteiger partial charge on any atom is -0.211 e. The lowest BCUT2D eigenvalue weighted by atomic mass is 10.2. The van der Waals surface area contributed by atoms with E-state index in [0.29, 0.717) is 17.4 Å². The summed E-state index contributed by atoms with van der Waals surface area (Å²) in [6, 6.07) is 6.14. The summed E-state index contributed by atoms with van der Waals surface area (Å²) in [5.41, 5.74) is 0. The Morgan fingerprint density at radius 2 is 2.12 bits per heavy atom. The van der Waals surface area contributed by atoms with Crippen molar-refractivity contribution in [3.8, 4) is 0 Å². The molecule has 90 valence electrons. The van der Waals surface area contributed by atoms with Gasteiger partial charge in [0.05, 0.1) is 4.90 Å². The van der Waals surface area contributed by atoms with E-state index in [1.54, 1.807) is 12.1 Å². The molecule has 0 saturated carbocycles. The zero-order valence-corrected chi connectivity index (χ0v) is 11.1. The molecule has 1 aromatic carbocycles. The lowest BCUT2D eigenvalue weighted by molar-refractivity contribution is 0.562. The summed E-state index contributed by atoms with van der Waals surface area (Å²) in [5.74, 6) is 0.508. The molecule has 0 bridgehead atoms. The maximum atomic E-state index is 11.8. The number of rotatable bonds is 5. The third-order valence-corrected chi connectivity index (χ3v) is 4.17. The number of nitrogens with one attached hydrogen (secondary N) is 1. The SMILES string of the molecule is CC(CCl)CNS(=O)(=O)c1cccc(Cl)c1. The van der Waals surface area contributed by atoms with Crippen molar-refractivity contribution in [2.45, 2.75) is 11.8 Å². The summed E-state index contributed by atoms with van der Waals surface area (Å²) in [6.45, 7) is 2.19. The molecule has 0 aliphatic heterocycles. The molecular formula is C10H13Cl2NO2S. The molecule has 0 heterocycles. The number of halogens is 2. The van der Waals surface area contributed by atoms with Gasteiger partial charge in [0.2, 0.25) is 10.0 Å². The monoisotopic (exact) mass is 281 g/mol. The Bertz CT molecular complexity index is 448. The van der Waals surface area contributed by atoms with Crippen LogP contribution >= 0.6 is 23.2 Å². The van der Waals surface area contributed by atoms with Gasteiger partial charge in [-0.1, -0.05) is 24.6 Å². The largest absolute Gasteiger partial charge is 0.240 e. The zero-order valence-electron chi connectivity index (χ0n) is 8.78. The molecule has 0 spiro atoms. The van der Waals surface area contributed by atoms with E-state index in [2.05, 4.69) is 4.72 Å². The van der Waals surface area contributed by atoms with Crippen molar-refractivity contribution < 1.29 is 8.42 Å². The van der Waals surface area contributed by atoms with Crippen LogP contribution < -0.4 is 4.72 Å². The molecule has 1 unspecified atom stereocenters. The standard InChI is InChI=1S/C10H13Cl2NO2S/c1-8(6-11)7-13-16(14,15)10-4-2-3-9(12)5-10/h2-5,8,13H,6-7H2,1H3. The summed E-state index contributed by atoms with van der Waals surface area (Å²) in [6.07, 6.45) is 0. The van der Waals surface area contributed by atoms with Crippen molar-refractivity contribution in [3.63, 3.8) is 0 Å². The average molecular weight is 282 g/mol. The second-order valence-corrected chi connectivity index (χ2v) is 6.08. The van der Waals surface area contributed by atoms with Crippen molar-refractivity contribution in [3.05, 3.63) is 29.3 Å². The van der Waals surface area contributed by atoms with E-state index < -0.39 is 10.0 Å². The van der Waals surface area contributed by atoms with E-state index in [-0.39, 0.29) is 10.8 Å². The van der Waals surface area contributed by atoms with Crippen LogP contribution in [0.2, 0.25) is 5.02 Å². The first-order valence-electron chi connectivity index (χ1n) is 4.77. The van der Waals surface area contributed by atoms with Gasteiger partial charge in [0.1, 0.15) is 0 Å². The fourth-order valence-electron chi connectivity index (χ4n) is 1.02. The highest BCUT2D eigenvalue weighted by Crippen LogP contribution is 2.15. The molecule has 0 radical (unpaired) electrons. The summed E-state index contributed by atoms with van der Waals surface area (Å²) < 4.78 is 26.1. The maximum absolute atomic E-state index is 11.8. The van der Waals surface area contributed by atoms with Crippen molar-refractivity contribution >= 4 is 33.2 Å². The number of hydrogen-bond donors (Lipinski definition) is 1. The van der Waals surface area contributed by atoms with Crippen LogP contribution in [0.5, 0.6) is 0 Å². The molecular weight excluding hydrogens is 269 g/mol. The number of benzene rings is 1. The van der Waals surface area contributed by atoms with Gasteiger partial charge in [-0.3, -0.25) is 0 Å². The molecule has 0 aliphatic rings. The minimum absolute atomic E-state index is 0.0932. The predicted molar refractivity (Wildman–Crippen MR) is 66.5 cm³/mol. The molecule has 1 N–H and O–H groups in total. The highest BCUT2D eigenvalue weighted by Gasteiger charge is 2.14. The Hall–Kier alpha value is -0.290. The van der Waals surface area contributed by atoms with Gasteiger partial charge in [0.15, 0.2) is 0 Å². The van der Waals surface area contributed by atoms with E-state index in [4.69, 9.17) is 23.2 Å². The van der Waals surface area contributed by atoms with Crippen LogP contribution in [0.1, 0.15) is 6.92 Å². The molecule has 3 nitrogen and oxygen atoms in total. The van der Waals surface area contributed by atoms with E-state index in [0.717, 1.165) is 0 Å². The number of hydrogen-bond acceptors (Lipinski definition) is 2. The molecule has 6 heteroatoms. The number of alkyl halides is 1. The highest BCUT2D eigenvalue weighted by atomic mass is 35.5. The van der Waals surface area contributed by atoms with Gasteiger partial charge in [-0.25, -0.2) is 13.1 Å². The molecule has 0 fully saturated rings. The van der Waals surface area contributed by atoms with E-state index in [1.165, 1.54) is 12.1 Å². The molecule has 0 aromatic heterocycles. The normalized spacial score (nSPS) is 13.7. The second-order valence-electron chi connectivity index (χ2n) is 3.57. The van der Waals surface area contributed by atoms with E-state index >= 15 is 0 Å². The first-order valence-corrected chi connectivity index (χ1v) is 7.16. The van der Waals surface area contributed by atoms with Gasteiger partial charge in [0, 0.05) is 17.4 Å². The quantitative estimate of drug-likeness (QED) is 0.843. The van der Waals surface area contributed by atoms with Gasteiger partial charge >= 0.3 is 0 Å². The Morgan fingerprint density at radius 3 is 2.69 bits per heavy atom. The average Bonchev–Trinajstić information content (AvgIpc) is 2.26. The Morgan fingerprint density at radius 1 is 1.44 bits per heavy atom. The van der Waals surface area contributed by atoms with E-state index in [9.17, 15) is 8.42 Å². The smallest absolute Gasteiger partial charge is 0.211 e. The summed E-state index contributed by atoms with van der Waals surface area (Å²) in [5, 5.41) is 0.397. The molecule has 0 saturated heterocycles. The third kappa shape index (κ3) is 3.94. The Labute approximate surface area is 106 Å². The number of sulfonamides is 1. The first-order chi connectivity index (χ1) is 7.45. The second kappa shape index (κ2) is 5.87. The summed E-state index contributed by atoms with van der Waals surface area (Å²) in [7, 11) is -3.48. The van der Waals surface area contributed by atoms with Gasteiger partial charge in [-0.2, -0.15) is 0 Å². The van der Waals surface area contributed by atoms with Crippen LogP contribution in [0.25, 0.3) is 0 Å². The molecule has 0 aliphatic carbocycles. The van der Waals surface area contributed by atoms with Gasteiger partial charge < -0.3 is 0 Å². The lowest BCUT2D eigenvalue weighted by Gasteiger charge is -2.10. The van der Waals surface area contributed by atoms with Gasteiger partial charge in [-0.15, -0.1) is 11.6 Å². The van der Waals surface area contributed by atoms with Crippen LogP contribution in [-0.2, 0) is 10.0 Å². The predicted octanol–water partition coefficient (Wildman–Crippen LogP) is 2.49. The molecule has 1 rings (SSSR count). The fourth-order valence-corrected chi connectivity index (χ4v) is 2.60. The fraction of sp³-hybridized carbons (Fsp3) is 0.400. The minimum atomic E-state index is -3.48. The van der Waals surface area contributed by atoms with Crippen molar-refractivity contribution in [2.24, 2.45) is 5.92 Å². The lowest BCUT2D eigenvalue weighted by Crippen LogP contribution is -2.29. The zero-order chi connectivity index (χ0) is 12.2. The van der Waals surface area contributed by atoms with Crippen LogP contribution in [0.4, 0.5) is 0 Å². The topological polar surface area (TPSA) is 46.2 Å². The van der Waals surface area contributed by atoms with Crippen LogP contribution in [0.3, 0.4) is 0 Å². The summed E-state index contributed by atoms with van der Waals surface area (Å²) >= 11 is 11.3. The molecule has 1 aromatic rings. The molecule has 0 amide bonds. The van der Waals surface area contributed by atoms with Crippen molar-refractivity contribution in [2.75, 3.05) is 12.4 Å². The van der Waals surface area contributed by atoms with E-state index in [1.807, 2.05) is 6.92 Å². The van der Waals surface area contributed by atoms with Crippen molar-refractivity contribution in [1.82, 2.24) is 4.72 Å². The maximum Gasteiger partial charge on any atom is 0.240 e. The van der Waals surface area contributed by atoms with Crippen LogP contribution in [0, 0.1) is 5.92 Å².